The molecule has 0 saturated carbocycles. The Labute approximate surface area is 251 Å². The monoisotopic (exact) mass is 564 g/mol. The number of rotatable bonds is 15. The van der Waals surface area contributed by atoms with Gasteiger partial charge in [-0.1, -0.05) is 83.1 Å². The first-order valence-electron chi connectivity index (χ1n) is 16.7. The number of nitrogens with zero attached hydrogens (tertiary/aromatic N) is 6. The smallest absolute Gasteiger partial charge is 0.221 e. The second kappa shape index (κ2) is 13.7. The molecule has 0 spiro atoms. The molecule has 0 bridgehead atoms. The first-order valence-corrected chi connectivity index (χ1v) is 16.7. The Hall–Kier alpha value is -2.37. The number of hydrogen-bond donors (Lipinski definition) is 0. The Kier molecular flexibility index (Phi) is 11.1. The molecule has 0 aliphatic heterocycles. The van der Waals surface area contributed by atoms with Gasteiger partial charge in [0.15, 0.2) is 0 Å². The Morgan fingerprint density at radius 3 is 0.878 bits per heavy atom. The zero-order valence-corrected chi connectivity index (χ0v) is 28.6. The van der Waals surface area contributed by atoms with Crippen molar-refractivity contribution in [2.24, 2.45) is 0 Å². The molecule has 0 fully saturated rings. The lowest BCUT2D eigenvalue weighted by Gasteiger charge is -2.37. The second-order valence-corrected chi connectivity index (χ2v) is 13.0. The molecular formula is C35H60N6. The molecule has 3 heterocycles. The van der Waals surface area contributed by atoms with E-state index in [2.05, 4.69) is 122 Å². The molecule has 0 saturated heterocycles. The third-order valence-corrected chi connectivity index (χ3v) is 10.2. The van der Waals surface area contributed by atoms with Crippen molar-refractivity contribution >= 4 is 0 Å². The predicted octanol–water partition coefficient (Wildman–Crippen LogP) is 10.1. The maximum absolute atomic E-state index is 5.47. The highest BCUT2D eigenvalue weighted by Gasteiger charge is 2.42. The van der Waals surface area contributed by atoms with Crippen molar-refractivity contribution in [1.29, 1.82) is 0 Å². The first-order chi connectivity index (χ1) is 19.4. The van der Waals surface area contributed by atoms with Gasteiger partial charge < -0.3 is 0 Å². The lowest BCUT2D eigenvalue weighted by atomic mass is 9.99. The molecule has 0 aromatic carbocycles. The maximum Gasteiger partial charge on any atom is 0.246 e. The summed E-state index contributed by atoms with van der Waals surface area (Å²) in [5.41, 5.74) is 7.26. The van der Waals surface area contributed by atoms with Gasteiger partial charge >= 0.3 is 0 Å². The van der Waals surface area contributed by atoms with E-state index >= 15 is 0 Å². The summed E-state index contributed by atoms with van der Waals surface area (Å²) >= 11 is 0. The summed E-state index contributed by atoms with van der Waals surface area (Å²) in [4.78, 5) is 0. The van der Waals surface area contributed by atoms with Gasteiger partial charge in [-0.05, 0) is 92.2 Å². The van der Waals surface area contributed by atoms with Crippen LogP contribution in [0.25, 0.3) is 0 Å². The Bertz CT molecular complexity index is 1090. The van der Waals surface area contributed by atoms with Gasteiger partial charge in [0.1, 0.15) is 0 Å². The molecule has 0 aliphatic carbocycles. The SMILES string of the molecule is CCC(C)c1cc(C(C)CC)n(C(C)(n2nc(C(C)CC)cc2C(C)CC)n2nc(C(C)CC)cc2C(C)CC)n1. The summed E-state index contributed by atoms with van der Waals surface area (Å²) in [6.45, 7) is 29.8. The molecule has 3 aromatic rings. The van der Waals surface area contributed by atoms with Crippen LogP contribution in [0.15, 0.2) is 18.2 Å². The van der Waals surface area contributed by atoms with Crippen LogP contribution in [0.1, 0.15) is 198 Å². The van der Waals surface area contributed by atoms with Crippen molar-refractivity contribution in [1.82, 2.24) is 29.3 Å². The van der Waals surface area contributed by atoms with E-state index in [0.717, 1.165) is 55.6 Å². The minimum atomic E-state index is -0.778. The zero-order valence-electron chi connectivity index (χ0n) is 28.6. The van der Waals surface area contributed by atoms with E-state index in [1.807, 2.05) is 0 Å². The molecule has 3 aromatic heterocycles. The molecule has 6 nitrogen and oxygen atoms in total. The van der Waals surface area contributed by atoms with Crippen molar-refractivity contribution in [3.8, 4) is 0 Å². The summed E-state index contributed by atoms with van der Waals surface area (Å²) in [5, 5.41) is 16.4. The van der Waals surface area contributed by atoms with Crippen LogP contribution in [0.4, 0.5) is 0 Å². The van der Waals surface area contributed by atoms with Crippen LogP contribution >= 0.6 is 0 Å². The second-order valence-electron chi connectivity index (χ2n) is 13.0. The highest BCUT2D eigenvalue weighted by atomic mass is 15.6. The molecule has 0 radical (unpaired) electrons. The van der Waals surface area contributed by atoms with Gasteiger partial charge in [-0.2, -0.15) is 15.3 Å². The van der Waals surface area contributed by atoms with Crippen molar-refractivity contribution in [3.05, 3.63) is 52.4 Å². The van der Waals surface area contributed by atoms with Gasteiger partial charge in [-0.15, -0.1) is 0 Å². The summed E-state index contributed by atoms with van der Waals surface area (Å²) in [6.07, 6.45) is 6.32. The highest BCUT2D eigenvalue weighted by Crippen LogP contribution is 2.38. The third kappa shape index (κ3) is 6.22. The highest BCUT2D eigenvalue weighted by molar-refractivity contribution is 5.26. The zero-order chi connectivity index (χ0) is 30.6. The van der Waals surface area contributed by atoms with Crippen LogP contribution in [0.3, 0.4) is 0 Å². The van der Waals surface area contributed by atoms with Crippen molar-refractivity contribution in [3.63, 3.8) is 0 Å². The summed E-state index contributed by atoms with van der Waals surface area (Å²) in [5.74, 6) is 1.43. The fraction of sp³-hybridized carbons (Fsp3) is 0.743. The number of hydrogen-bond acceptors (Lipinski definition) is 3. The summed E-state index contributed by atoms with van der Waals surface area (Å²) < 4.78 is 6.92. The van der Waals surface area contributed by atoms with Crippen LogP contribution in [0.5, 0.6) is 0 Å². The Morgan fingerprint density at radius 1 is 0.463 bits per heavy atom. The third-order valence-electron chi connectivity index (χ3n) is 10.2. The fourth-order valence-electron chi connectivity index (χ4n) is 5.56. The molecule has 0 N–H and O–H groups in total. The van der Waals surface area contributed by atoms with Crippen LogP contribution < -0.4 is 0 Å². The van der Waals surface area contributed by atoms with Crippen LogP contribution in [0, 0.1) is 0 Å². The molecular weight excluding hydrogens is 504 g/mol. The van der Waals surface area contributed by atoms with Crippen LogP contribution in [-0.4, -0.2) is 29.3 Å². The lowest BCUT2D eigenvalue weighted by Crippen LogP contribution is -2.50. The molecule has 230 valence electrons. The first kappa shape index (κ1) is 33.1. The molecule has 6 heteroatoms. The summed E-state index contributed by atoms with van der Waals surface area (Å²) in [7, 11) is 0. The van der Waals surface area contributed by atoms with Gasteiger partial charge in [0.25, 0.3) is 0 Å². The van der Waals surface area contributed by atoms with Gasteiger partial charge in [0.05, 0.1) is 17.1 Å². The molecule has 6 atom stereocenters. The topological polar surface area (TPSA) is 53.5 Å². The molecule has 41 heavy (non-hydrogen) atoms. The van der Waals surface area contributed by atoms with E-state index in [0.29, 0.717) is 35.5 Å². The number of aromatic nitrogens is 6. The summed E-state index contributed by atoms with van der Waals surface area (Å²) in [6, 6.07) is 7.10. The standard InChI is InChI=1S/C35H60N6/c1-14-23(7)29-20-32(26(10)17-4)39(36-29)35(13,40-33(27(11)18-5)21-30(37-40)24(8)15-2)41-34(28(12)19-6)22-31(38-41)25(9)16-3/h20-28H,14-19H2,1-13H3. The normalized spacial score (nSPS) is 18.1. The van der Waals surface area contributed by atoms with Gasteiger partial charge in [-0.3, -0.25) is 0 Å². The Balaban J connectivity index is 2.55. The average Bonchev–Trinajstić information content (AvgIpc) is 3.76. The predicted molar refractivity (Wildman–Crippen MR) is 173 cm³/mol. The van der Waals surface area contributed by atoms with E-state index in [9.17, 15) is 0 Å². The maximum atomic E-state index is 5.47. The van der Waals surface area contributed by atoms with E-state index in [1.54, 1.807) is 0 Å². The van der Waals surface area contributed by atoms with E-state index < -0.39 is 5.79 Å². The average molecular weight is 565 g/mol. The quantitative estimate of drug-likeness (QED) is 0.184. The largest absolute Gasteiger partial charge is 0.246 e. The minimum absolute atomic E-state index is 0.355. The minimum Gasteiger partial charge on any atom is -0.221 e. The van der Waals surface area contributed by atoms with Crippen LogP contribution in [0.2, 0.25) is 0 Å². The molecule has 3 rings (SSSR count). The molecule has 0 aliphatic rings. The van der Waals surface area contributed by atoms with E-state index in [4.69, 9.17) is 15.3 Å². The van der Waals surface area contributed by atoms with Gasteiger partial charge in [-0.25, -0.2) is 14.0 Å². The van der Waals surface area contributed by atoms with E-state index in [-0.39, 0.29) is 0 Å². The molecule has 6 unspecified atom stereocenters. The van der Waals surface area contributed by atoms with Gasteiger partial charge in [0.2, 0.25) is 5.79 Å². The Morgan fingerprint density at radius 2 is 0.683 bits per heavy atom. The van der Waals surface area contributed by atoms with Gasteiger partial charge in [0, 0.05) is 24.0 Å². The molecule has 0 amide bonds. The van der Waals surface area contributed by atoms with E-state index in [1.165, 1.54) is 17.1 Å². The lowest BCUT2D eigenvalue weighted by molar-refractivity contribution is 0.120. The van der Waals surface area contributed by atoms with Crippen molar-refractivity contribution in [2.75, 3.05) is 0 Å². The van der Waals surface area contributed by atoms with Crippen molar-refractivity contribution < 1.29 is 0 Å². The van der Waals surface area contributed by atoms with Crippen molar-refractivity contribution in [2.45, 2.75) is 170 Å². The van der Waals surface area contributed by atoms with Crippen LogP contribution in [-0.2, 0) is 5.79 Å². The fourth-order valence-corrected chi connectivity index (χ4v) is 5.56.